The van der Waals surface area contributed by atoms with Gasteiger partial charge in [-0.05, 0) is 25.0 Å². The van der Waals surface area contributed by atoms with Gasteiger partial charge in [-0.3, -0.25) is 4.79 Å². The molecule has 8 heteroatoms. The third-order valence-corrected chi connectivity index (χ3v) is 5.43. The minimum absolute atomic E-state index is 0.0171. The lowest BCUT2D eigenvalue weighted by atomic mass is 9.74. The van der Waals surface area contributed by atoms with Crippen LogP contribution < -0.4 is 9.80 Å². The maximum absolute atomic E-state index is 13.3. The molecule has 2 aromatic rings. The molecule has 0 aromatic carbocycles. The lowest BCUT2D eigenvalue weighted by Crippen LogP contribution is -2.58. The van der Waals surface area contributed by atoms with E-state index < -0.39 is 5.41 Å². The summed E-state index contributed by atoms with van der Waals surface area (Å²) in [4.78, 5) is 36.6. The number of nitrogens with zero attached hydrogens (tertiary/aromatic N) is 7. The van der Waals surface area contributed by atoms with Gasteiger partial charge in [-0.1, -0.05) is 0 Å². The average Bonchev–Trinajstić information content (AvgIpc) is 3.09. The van der Waals surface area contributed by atoms with Crippen LogP contribution in [0.3, 0.4) is 0 Å². The van der Waals surface area contributed by atoms with Crippen molar-refractivity contribution >= 4 is 17.7 Å². The van der Waals surface area contributed by atoms with Crippen LogP contribution in [-0.4, -0.2) is 70.5 Å². The van der Waals surface area contributed by atoms with Crippen LogP contribution in [0.5, 0.6) is 0 Å². The van der Waals surface area contributed by atoms with Crippen LogP contribution in [0.25, 0.3) is 0 Å². The van der Waals surface area contributed by atoms with E-state index in [0.717, 1.165) is 31.7 Å². The molecule has 0 saturated carbocycles. The van der Waals surface area contributed by atoms with Crippen LogP contribution in [0.4, 0.5) is 11.8 Å². The second-order valence-electron chi connectivity index (χ2n) is 7.17. The van der Waals surface area contributed by atoms with E-state index in [0.29, 0.717) is 12.5 Å². The highest BCUT2D eigenvalue weighted by Crippen LogP contribution is 2.44. The van der Waals surface area contributed by atoms with E-state index in [2.05, 4.69) is 29.7 Å². The fourth-order valence-electron chi connectivity index (χ4n) is 4.34. The highest BCUT2D eigenvalue weighted by atomic mass is 16.2. The molecule has 4 rings (SSSR count). The lowest BCUT2D eigenvalue weighted by Gasteiger charge is -2.45. The fraction of sp³-hybridized carbons (Fsp3) is 0.500. The van der Waals surface area contributed by atoms with Crippen LogP contribution >= 0.6 is 0 Å². The number of aromatic nitrogens is 4. The lowest BCUT2D eigenvalue weighted by molar-refractivity contribution is -0.140. The minimum Gasteiger partial charge on any atom is -0.353 e. The number of hydrogen-bond donors (Lipinski definition) is 0. The normalized spacial score (nSPS) is 25.1. The Bertz CT molecular complexity index is 770. The molecule has 0 unspecified atom stereocenters. The molecule has 2 aliphatic rings. The smallest absolute Gasteiger partial charge is 0.232 e. The van der Waals surface area contributed by atoms with E-state index in [9.17, 15) is 4.79 Å². The van der Waals surface area contributed by atoms with E-state index >= 15 is 0 Å². The van der Waals surface area contributed by atoms with Crippen molar-refractivity contribution in [3.8, 4) is 0 Å². The third kappa shape index (κ3) is 2.65. The fourth-order valence-corrected chi connectivity index (χ4v) is 4.34. The van der Waals surface area contributed by atoms with Crippen molar-refractivity contribution in [1.82, 2.24) is 24.8 Å². The van der Waals surface area contributed by atoms with Crippen molar-refractivity contribution in [2.24, 2.45) is 5.41 Å². The first-order valence-electron chi connectivity index (χ1n) is 8.88. The SMILES string of the molecule is CN(C)C(=O)[C@@]12CCCN(c3ncccn3)[C@@H]1CN(c1ccncn1)C2. The van der Waals surface area contributed by atoms with Gasteiger partial charge in [0.15, 0.2) is 0 Å². The van der Waals surface area contributed by atoms with Crippen molar-refractivity contribution in [3.63, 3.8) is 0 Å². The number of carbonyl (C=O) groups is 1. The summed E-state index contributed by atoms with van der Waals surface area (Å²) < 4.78 is 0. The van der Waals surface area contributed by atoms with Gasteiger partial charge in [0.05, 0.1) is 11.5 Å². The maximum atomic E-state index is 13.3. The topological polar surface area (TPSA) is 78.4 Å². The van der Waals surface area contributed by atoms with Gasteiger partial charge in [-0.2, -0.15) is 0 Å². The quantitative estimate of drug-likeness (QED) is 0.809. The molecular weight excluding hydrogens is 330 g/mol. The highest BCUT2D eigenvalue weighted by Gasteiger charge is 2.57. The molecule has 1 amide bonds. The van der Waals surface area contributed by atoms with Crippen LogP contribution in [0.15, 0.2) is 37.1 Å². The van der Waals surface area contributed by atoms with Crippen molar-refractivity contribution < 1.29 is 4.79 Å². The van der Waals surface area contributed by atoms with E-state index in [1.165, 1.54) is 0 Å². The molecule has 2 aromatic heterocycles. The molecule has 0 spiro atoms. The Hall–Kier alpha value is -2.77. The standard InChI is InChI=1S/C18H23N7O/c1-23(2)16(26)18-6-3-10-25(17-20-7-4-8-21-17)14(18)11-24(12-18)15-5-9-19-13-22-15/h4-5,7-9,13-14H,3,6,10-12H2,1-2H3/t14-,18-/m1/s1. The summed E-state index contributed by atoms with van der Waals surface area (Å²) >= 11 is 0. The van der Waals surface area contributed by atoms with Gasteiger partial charge in [0.2, 0.25) is 11.9 Å². The Kier molecular flexibility index (Phi) is 4.18. The van der Waals surface area contributed by atoms with Gasteiger partial charge in [0.1, 0.15) is 12.1 Å². The monoisotopic (exact) mass is 353 g/mol. The van der Waals surface area contributed by atoms with Gasteiger partial charge in [-0.25, -0.2) is 19.9 Å². The summed E-state index contributed by atoms with van der Waals surface area (Å²) in [6, 6.07) is 3.73. The molecule has 4 heterocycles. The van der Waals surface area contributed by atoms with Crippen molar-refractivity contribution in [2.75, 3.05) is 43.5 Å². The largest absolute Gasteiger partial charge is 0.353 e. The number of fused-ring (bicyclic) bond motifs is 1. The molecular formula is C18H23N7O. The Morgan fingerprint density at radius 2 is 2.04 bits per heavy atom. The zero-order valence-corrected chi connectivity index (χ0v) is 15.1. The first kappa shape index (κ1) is 16.7. The molecule has 0 radical (unpaired) electrons. The van der Waals surface area contributed by atoms with Gasteiger partial charge in [-0.15, -0.1) is 0 Å². The molecule has 2 aliphatic heterocycles. The van der Waals surface area contributed by atoms with Crippen molar-refractivity contribution in [1.29, 1.82) is 0 Å². The Labute approximate surface area is 152 Å². The first-order valence-corrected chi connectivity index (χ1v) is 8.88. The molecule has 0 N–H and O–H groups in total. The number of carbonyl (C=O) groups excluding carboxylic acids is 1. The number of hydrogen-bond acceptors (Lipinski definition) is 7. The highest BCUT2D eigenvalue weighted by molar-refractivity contribution is 5.86. The van der Waals surface area contributed by atoms with Crippen LogP contribution in [0.2, 0.25) is 0 Å². The molecule has 2 atom stereocenters. The van der Waals surface area contributed by atoms with Crippen molar-refractivity contribution in [2.45, 2.75) is 18.9 Å². The second-order valence-corrected chi connectivity index (χ2v) is 7.17. The predicted molar refractivity (Wildman–Crippen MR) is 97.8 cm³/mol. The van der Waals surface area contributed by atoms with Crippen LogP contribution in [-0.2, 0) is 4.79 Å². The van der Waals surface area contributed by atoms with Gasteiger partial charge in [0, 0.05) is 52.3 Å². The predicted octanol–water partition coefficient (Wildman–Crippen LogP) is 0.830. The molecule has 2 saturated heterocycles. The summed E-state index contributed by atoms with van der Waals surface area (Å²) in [5.74, 6) is 1.71. The number of amides is 1. The first-order chi connectivity index (χ1) is 12.6. The Morgan fingerprint density at radius 1 is 1.23 bits per heavy atom. The van der Waals surface area contributed by atoms with E-state index in [-0.39, 0.29) is 11.9 Å². The number of anilines is 2. The summed E-state index contributed by atoms with van der Waals surface area (Å²) in [5.41, 5.74) is -0.480. The minimum atomic E-state index is -0.480. The molecule has 26 heavy (non-hydrogen) atoms. The third-order valence-electron chi connectivity index (χ3n) is 5.43. The molecule has 2 fully saturated rings. The van der Waals surface area contributed by atoms with Crippen molar-refractivity contribution in [3.05, 3.63) is 37.1 Å². The molecule has 0 aliphatic carbocycles. The van der Waals surface area contributed by atoms with E-state index in [4.69, 9.17) is 0 Å². The molecule has 8 nitrogen and oxygen atoms in total. The van der Waals surface area contributed by atoms with E-state index in [1.54, 1.807) is 29.8 Å². The summed E-state index contributed by atoms with van der Waals surface area (Å²) in [6.07, 6.45) is 8.59. The van der Waals surface area contributed by atoms with Crippen LogP contribution in [0, 0.1) is 5.41 Å². The van der Waals surface area contributed by atoms with Gasteiger partial charge >= 0.3 is 0 Å². The molecule has 136 valence electrons. The van der Waals surface area contributed by atoms with Crippen LogP contribution in [0.1, 0.15) is 12.8 Å². The second kappa shape index (κ2) is 6.51. The number of piperidine rings is 1. The van der Waals surface area contributed by atoms with Gasteiger partial charge in [0.25, 0.3) is 0 Å². The zero-order valence-electron chi connectivity index (χ0n) is 15.1. The Balaban J connectivity index is 1.74. The number of rotatable bonds is 3. The Morgan fingerprint density at radius 3 is 2.73 bits per heavy atom. The van der Waals surface area contributed by atoms with Gasteiger partial charge < -0.3 is 14.7 Å². The zero-order chi connectivity index (χ0) is 18.1. The average molecular weight is 353 g/mol. The maximum Gasteiger partial charge on any atom is 0.232 e. The van der Waals surface area contributed by atoms with E-state index in [1.807, 2.05) is 26.2 Å². The summed E-state index contributed by atoms with van der Waals surface area (Å²) in [5, 5.41) is 0. The molecule has 0 bridgehead atoms. The summed E-state index contributed by atoms with van der Waals surface area (Å²) in [6.45, 7) is 2.22. The summed E-state index contributed by atoms with van der Waals surface area (Å²) in [7, 11) is 3.67.